The first kappa shape index (κ1) is 19.9. The minimum Gasteiger partial charge on any atom is -0.481 e. The van der Waals surface area contributed by atoms with Crippen LogP contribution in [-0.4, -0.2) is 25.5 Å². The average molecular weight is 387 g/mol. The van der Waals surface area contributed by atoms with Crippen LogP contribution in [0, 0.1) is 24.4 Å². The molecule has 140 valence electrons. The van der Waals surface area contributed by atoms with Crippen LogP contribution in [0.3, 0.4) is 0 Å². The summed E-state index contributed by atoms with van der Waals surface area (Å²) in [7, 11) is -4.08. The molecule has 9 heteroatoms. The normalized spacial score (nSPS) is 12.8. The predicted molar refractivity (Wildman–Crippen MR) is 87.6 cm³/mol. The van der Waals surface area contributed by atoms with E-state index in [2.05, 4.69) is 4.72 Å². The van der Waals surface area contributed by atoms with Gasteiger partial charge in [-0.3, -0.25) is 4.79 Å². The molecule has 1 atom stereocenters. The molecular formula is C17H16F3NO4S. The molecule has 0 aromatic heterocycles. The summed E-state index contributed by atoms with van der Waals surface area (Å²) in [5.41, 5.74) is 0.497. The van der Waals surface area contributed by atoms with Gasteiger partial charge in [0.05, 0.1) is 11.3 Å². The maximum atomic E-state index is 13.8. The summed E-state index contributed by atoms with van der Waals surface area (Å²) in [6.07, 6.45) is -1.12. The number of carboxylic acids is 1. The number of aryl methyl sites for hydroxylation is 1. The molecule has 5 nitrogen and oxygen atoms in total. The molecule has 0 unspecified atom stereocenters. The van der Waals surface area contributed by atoms with Crippen molar-refractivity contribution in [3.8, 4) is 0 Å². The second-order valence-electron chi connectivity index (χ2n) is 5.79. The monoisotopic (exact) mass is 387 g/mol. The smallest absolute Gasteiger partial charge is 0.304 e. The van der Waals surface area contributed by atoms with Crippen LogP contribution in [0.2, 0.25) is 0 Å². The highest BCUT2D eigenvalue weighted by molar-refractivity contribution is 7.89. The number of halogens is 3. The van der Waals surface area contributed by atoms with Gasteiger partial charge >= 0.3 is 5.97 Å². The first-order valence-corrected chi connectivity index (χ1v) is 9.01. The molecule has 0 bridgehead atoms. The molecule has 2 aromatic carbocycles. The Labute approximate surface area is 148 Å². The van der Waals surface area contributed by atoms with Crippen molar-refractivity contribution in [1.29, 1.82) is 0 Å². The second kappa shape index (κ2) is 7.88. The summed E-state index contributed by atoms with van der Waals surface area (Å²) in [5, 5.41) is 8.97. The number of nitrogens with one attached hydrogen (secondary N) is 1. The van der Waals surface area contributed by atoms with Gasteiger partial charge in [-0.1, -0.05) is 17.7 Å². The summed E-state index contributed by atoms with van der Waals surface area (Å²) in [6, 6.07) is 5.47. The highest BCUT2D eigenvalue weighted by Gasteiger charge is 2.24. The number of sulfonamides is 1. The molecule has 0 aliphatic heterocycles. The zero-order valence-electron chi connectivity index (χ0n) is 13.7. The Hall–Kier alpha value is -2.39. The molecule has 26 heavy (non-hydrogen) atoms. The Balaban J connectivity index is 2.29. The predicted octanol–water partition coefficient (Wildman–Crippen LogP) is 2.78. The van der Waals surface area contributed by atoms with E-state index in [9.17, 15) is 26.4 Å². The van der Waals surface area contributed by atoms with Crippen molar-refractivity contribution < 1.29 is 31.5 Å². The largest absolute Gasteiger partial charge is 0.481 e. The van der Waals surface area contributed by atoms with Gasteiger partial charge in [-0.25, -0.2) is 26.3 Å². The summed E-state index contributed by atoms with van der Waals surface area (Å²) in [4.78, 5) is 10.9. The van der Waals surface area contributed by atoms with Crippen LogP contribution < -0.4 is 4.72 Å². The van der Waals surface area contributed by atoms with Crippen molar-refractivity contribution in [3.05, 3.63) is 65.0 Å². The molecule has 0 radical (unpaired) electrons. The summed E-state index contributed by atoms with van der Waals surface area (Å²) < 4.78 is 67.1. The minimum atomic E-state index is -4.08. The van der Waals surface area contributed by atoms with E-state index in [1.807, 2.05) is 0 Å². The fourth-order valence-corrected chi connectivity index (χ4v) is 3.59. The van der Waals surface area contributed by atoms with E-state index < -0.39 is 52.3 Å². The van der Waals surface area contributed by atoms with Crippen LogP contribution in [0.25, 0.3) is 0 Å². The SMILES string of the molecule is Cc1ccc(S(=O)(=O)N[C@@H](CC(=O)O)Cc2cc(F)c(F)cc2F)cc1. The van der Waals surface area contributed by atoms with Crippen LogP contribution >= 0.6 is 0 Å². The van der Waals surface area contributed by atoms with E-state index in [4.69, 9.17) is 5.11 Å². The molecule has 0 spiro atoms. The third kappa shape index (κ3) is 5.06. The van der Waals surface area contributed by atoms with Gasteiger partial charge in [-0.2, -0.15) is 0 Å². The molecule has 0 fully saturated rings. The topological polar surface area (TPSA) is 83.5 Å². The zero-order chi connectivity index (χ0) is 19.5. The highest BCUT2D eigenvalue weighted by Crippen LogP contribution is 2.18. The van der Waals surface area contributed by atoms with Crippen LogP contribution in [0.15, 0.2) is 41.3 Å². The molecule has 0 aliphatic rings. The summed E-state index contributed by atoms with van der Waals surface area (Å²) >= 11 is 0. The lowest BCUT2D eigenvalue weighted by atomic mass is 10.0. The Kier molecular flexibility index (Phi) is 6.04. The van der Waals surface area contributed by atoms with Crippen molar-refractivity contribution in [2.75, 3.05) is 0 Å². The average Bonchev–Trinajstić information content (AvgIpc) is 2.52. The standard InChI is InChI=1S/C17H16F3NO4S/c1-10-2-4-13(5-3-10)26(24,25)21-12(8-17(22)23)6-11-7-15(19)16(20)9-14(11)18/h2-5,7,9,12,21H,6,8H2,1H3,(H,22,23)/t12-/m1/s1. The molecule has 0 aliphatic carbocycles. The number of aliphatic carboxylic acids is 1. The van der Waals surface area contributed by atoms with E-state index in [1.165, 1.54) is 12.1 Å². The Bertz CT molecular complexity index is 914. The van der Waals surface area contributed by atoms with Crippen LogP contribution in [-0.2, 0) is 21.2 Å². The van der Waals surface area contributed by atoms with Gasteiger partial charge < -0.3 is 5.11 Å². The number of hydrogen-bond acceptors (Lipinski definition) is 3. The summed E-state index contributed by atoms with van der Waals surface area (Å²) in [6.45, 7) is 1.77. The van der Waals surface area contributed by atoms with E-state index in [0.29, 0.717) is 12.1 Å². The molecule has 0 amide bonds. The number of benzene rings is 2. The van der Waals surface area contributed by atoms with Gasteiger partial charge in [0, 0.05) is 12.1 Å². The molecule has 0 saturated heterocycles. The van der Waals surface area contributed by atoms with Crippen molar-refractivity contribution >= 4 is 16.0 Å². The molecule has 2 aromatic rings. The number of carbonyl (C=O) groups is 1. The van der Waals surface area contributed by atoms with Crippen LogP contribution in [0.4, 0.5) is 13.2 Å². The van der Waals surface area contributed by atoms with Crippen LogP contribution in [0.1, 0.15) is 17.5 Å². The van der Waals surface area contributed by atoms with Gasteiger partial charge in [0.25, 0.3) is 0 Å². The lowest BCUT2D eigenvalue weighted by molar-refractivity contribution is -0.137. The Morgan fingerprint density at radius 1 is 1.08 bits per heavy atom. The first-order valence-electron chi connectivity index (χ1n) is 7.52. The third-order valence-electron chi connectivity index (χ3n) is 3.63. The number of rotatable bonds is 7. The Morgan fingerprint density at radius 2 is 1.65 bits per heavy atom. The molecule has 2 N–H and O–H groups in total. The second-order valence-corrected chi connectivity index (χ2v) is 7.50. The maximum Gasteiger partial charge on any atom is 0.304 e. The van der Waals surface area contributed by atoms with Gasteiger partial charge in [0.1, 0.15) is 5.82 Å². The van der Waals surface area contributed by atoms with Gasteiger partial charge in [-0.15, -0.1) is 0 Å². The zero-order valence-corrected chi connectivity index (χ0v) is 14.5. The van der Waals surface area contributed by atoms with Crippen molar-refractivity contribution in [1.82, 2.24) is 4.72 Å². The molecular weight excluding hydrogens is 371 g/mol. The number of hydrogen-bond donors (Lipinski definition) is 2. The fraction of sp³-hybridized carbons (Fsp3) is 0.235. The molecule has 0 heterocycles. The van der Waals surface area contributed by atoms with Gasteiger partial charge in [0.15, 0.2) is 11.6 Å². The van der Waals surface area contributed by atoms with Crippen molar-refractivity contribution in [3.63, 3.8) is 0 Å². The van der Waals surface area contributed by atoms with Gasteiger partial charge in [0.2, 0.25) is 10.0 Å². The number of carboxylic acid groups (broad SMARTS) is 1. The fourth-order valence-electron chi connectivity index (χ4n) is 2.36. The van der Waals surface area contributed by atoms with E-state index in [0.717, 1.165) is 5.56 Å². The van der Waals surface area contributed by atoms with E-state index in [-0.39, 0.29) is 10.5 Å². The van der Waals surface area contributed by atoms with Crippen molar-refractivity contribution in [2.24, 2.45) is 0 Å². The maximum absolute atomic E-state index is 13.8. The quantitative estimate of drug-likeness (QED) is 0.716. The van der Waals surface area contributed by atoms with Crippen molar-refractivity contribution in [2.45, 2.75) is 30.7 Å². The highest BCUT2D eigenvalue weighted by atomic mass is 32.2. The first-order chi connectivity index (χ1) is 12.1. The molecule has 0 saturated carbocycles. The van der Waals surface area contributed by atoms with E-state index in [1.54, 1.807) is 19.1 Å². The molecule has 2 rings (SSSR count). The van der Waals surface area contributed by atoms with Crippen LogP contribution in [0.5, 0.6) is 0 Å². The minimum absolute atomic E-state index is 0.0933. The third-order valence-corrected chi connectivity index (χ3v) is 5.17. The summed E-state index contributed by atoms with van der Waals surface area (Å²) in [5.74, 6) is -5.11. The van der Waals surface area contributed by atoms with E-state index >= 15 is 0 Å². The lowest BCUT2D eigenvalue weighted by Gasteiger charge is -2.18. The lowest BCUT2D eigenvalue weighted by Crippen LogP contribution is -2.38. The van der Waals surface area contributed by atoms with Gasteiger partial charge in [-0.05, 0) is 37.1 Å². The Morgan fingerprint density at radius 3 is 2.23 bits per heavy atom.